The molecule has 2 N–H and O–H groups in total. The first-order valence-electron chi connectivity index (χ1n) is 28.0. The number of carbonyl (C=O) groups excluding carboxylic acids is 1. The van der Waals surface area contributed by atoms with Gasteiger partial charge in [0.05, 0.1) is 39.9 Å². The number of hydrogen-bond donors (Lipinski definition) is 2. The summed E-state index contributed by atoms with van der Waals surface area (Å²) in [5, 5.41) is 13.9. The van der Waals surface area contributed by atoms with Gasteiger partial charge in [-0.2, -0.15) is 0 Å². The topological polar surface area (TPSA) is 108 Å². The molecule has 0 saturated carbocycles. The van der Waals surface area contributed by atoms with E-state index in [0.717, 1.165) is 64.2 Å². The number of hydrogen-bond acceptors (Lipinski definition) is 6. The number of quaternary nitrogens is 1. The summed E-state index contributed by atoms with van der Waals surface area (Å²) < 4.78 is 23.3. The van der Waals surface area contributed by atoms with E-state index in [4.69, 9.17) is 9.05 Å². The Labute approximate surface area is 409 Å². The van der Waals surface area contributed by atoms with E-state index < -0.39 is 20.0 Å². The smallest absolute Gasteiger partial charge is 0.268 e. The molecular weight excluding hydrogens is 840 g/mol. The standard InChI is InChI=1S/C57H109N2O6P/c1-6-8-10-12-14-16-18-20-22-24-26-27-28-29-30-31-33-34-36-38-40-42-44-46-48-50-56(60)55(54-65-66(62,63)64-53-52-59(3,4)5)58-57(61)51-49-47-45-43-41-39-37-35-32-25-23-21-19-17-15-13-11-9-7-2/h15,17,21,23,32,35,48,50,55-56,60H,6-14,16,18-20,22,24-31,33-34,36-47,49,51-54H2,1-5H3,(H-,58,61,62,63)/b17-15-,23-21-,35-32-,50-48+. The predicted octanol–water partition coefficient (Wildman–Crippen LogP) is 16.1. The van der Waals surface area contributed by atoms with Crippen molar-refractivity contribution in [3.05, 3.63) is 48.6 Å². The summed E-state index contributed by atoms with van der Waals surface area (Å²) in [7, 11) is 1.25. The van der Waals surface area contributed by atoms with Crippen molar-refractivity contribution in [1.29, 1.82) is 0 Å². The third kappa shape index (κ3) is 50.3. The van der Waals surface area contributed by atoms with Gasteiger partial charge in [-0.05, 0) is 57.8 Å². The highest BCUT2D eigenvalue weighted by Crippen LogP contribution is 2.38. The van der Waals surface area contributed by atoms with Crippen molar-refractivity contribution in [2.75, 3.05) is 40.9 Å². The molecule has 0 aliphatic carbocycles. The van der Waals surface area contributed by atoms with E-state index in [1.807, 2.05) is 27.2 Å². The number of likely N-dealkylation sites (N-methyl/N-ethyl adjacent to an activating group) is 1. The highest BCUT2D eigenvalue weighted by molar-refractivity contribution is 7.45. The molecule has 3 atom stereocenters. The van der Waals surface area contributed by atoms with Crippen molar-refractivity contribution < 1.29 is 32.9 Å². The molecule has 0 spiro atoms. The van der Waals surface area contributed by atoms with Crippen LogP contribution in [0.3, 0.4) is 0 Å². The van der Waals surface area contributed by atoms with Crippen LogP contribution in [0.2, 0.25) is 0 Å². The molecule has 0 saturated heterocycles. The first-order chi connectivity index (χ1) is 32.0. The monoisotopic (exact) mass is 949 g/mol. The van der Waals surface area contributed by atoms with Gasteiger partial charge in [-0.15, -0.1) is 0 Å². The van der Waals surface area contributed by atoms with Crippen molar-refractivity contribution in [3.63, 3.8) is 0 Å². The maximum absolute atomic E-state index is 12.9. The summed E-state index contributed by atoms with van der Waals surface area (Å²) in [4.78, 5) is 25.5. The van der Waals surface area contributed by atoms with Crippen LogP contribution in [0.5, 0.6) is 0 Å². The molecule has 0 bridgehead atoms. The minimum atomic E-state index is -4.60. The minimum absolute atomic E-state index is 0.00477. The molecule has 388 valence electrons. The van der Waals surface area contributed by atoms with E-state index >= 15 is 0 Å². The first-order valence-corrected chi connectivity index (χ1v) is 29.5. The van der Waals surface area contributed by atoms with Crippen molar-refractivity contribution >= 4 is 13.7 Å². The van der Waals surface area contributed by atoms with E-state index in [-0.39, 0.29) is 19.1 Å². The fourth-order valence-corrected chi connectivity index (χ4v) is 8.83. The second kappa shape index (κ2) is 48.5. The molecule has 0 heterocycles. The van der Waals surface area contributed by atoms with E-state index in [2.05, 4.69) is 55.6 Å². The zero-order valence-electron chi connectivity index (χ0n) is 44.1. The Kier molecular flexibility index (Phi) is 47.4. The molecule has 0 radical (unpaired) electrons. The van der Waals surface area contributed by atoms with Crippen molar-refractivity contribution in [2.24, 2.45) is 0 Å². The average Bonchev–Trinajstić information content (AvgIpc) is 3.28. The van der Waals surface area contributed by atoms with Crippen LogP contribution in [-0.2, 0) is 18.4 Å². The molecule has 0 aromatic heterocycles. The highest BCUT2D eigenvalue weighted by Gasteiger charge is 2.23. The number of phosphoric ester groups is 1. The SMILES string of the molecule is CCCCC/C=C\C/C=C\C/C=C\CCCCCCCCC(=O)NC(COP(=O)([O-])OCC[N+](C)(C)C)C(O)/C=C/CCCCCCCCCCCCCCCCCCCCCCCCC. The number of phosphoric acid groups is 1. The lowest BCUT2D eigenvalue weighted by Crippen LogP contribution is -2.45. The molecule has 9 heteroatoms. The first kappa shape index (κ1) is 64.5. The van der Waals surface area contributed by atoms with Crippen LogP contribution in [0, 0.1) is 0 Å². The average molecular weight is 949 g/mol. The van der Waals surface area contributed by atoms with Gasteiger partial charge in [0.15, 0.2) is 0 Å². The molecule has 0 rings (SSSR count). The Hall–Kier alpha value is -1.54. The van der Waals surface area contributed by atoms with Gasteiger partial charge in [0.25, 0.3) is 7.82 Å². The maximum atomic E-state index is 12.9. The lowest BCUT2D eigenvalue weighted by Gasteiger charge is -2.29. The highest BCUT2D eigenvalue weighted by atomic mass is 31.2. The molecule has 66 heavy (non-hydrogen) atoms. The molecule has 0 fully saturated rings. The van der Waals surface area contributed by atoms with Crippen LogP contribution in [0.25, 0.3) is 0 Å². The van der Waals surface area contributed by atoms with Crippen LogP contribution in [0.1, 0.15) is 258 Å². The number of amides is 1. The summed E-state index contributed by atoms with van der Waals surface area (Å²) in [6.07, 6.45) is 63.2. The van der Waals surface area contributed by atoms with Gasteiger partial charge in [-0.3, -0.25) is 9.36 Å². The van der Waals surface area contributed by atoms with Crippen LogP contribution >= 0.6 is 7.82 Å². The normalized spacial score (nSPS) is 14.3. The third-order valence-electron chi connectivity index (χ3n) is 12.5. The van der Waals surface area contributed by atoms with Gasteiger partial charge < -0.3 is 28.8 Å². The molecule has 1 amide bonds. The zero-order chi connectivity index (χ0) is 48.5. The predicted molar refractivity (Wildman–Crippen MR) is 284 cm³/mol. The van der Waals surface area contributed by atoms with Crippen LogP contribution in [-0.4, -0.2) is 68.5 Å². The number of nitrogens with one attached hydrogen (secondary N) is 1. The van der Waals surface area contributed by atoms with Gasteiger partial charge >= 0.3 is 0 Å². The second-order valence-electron chi connectivity index (χ2n) is 20.3. The number of unbranched alkanes of at least 4 members (excludes halogenated alkanes) is 32. The molecule has 3 unspecified atom stereocenters. The fraction of sp³-hybridized carbons (Fsp3) is 0.842. The summed E-state index contributed by atoms with van der Waals surface area (Å²) in [6, 6.07) is -0.895. The Morgan fingerprint density at radius 3 is 1.30 bits per heavy atom. The van der Waals surface area contributed by atoms with Crippen LogP contribution in [0.15, 0.2) is 48.6 Å². The number of allylic oxidation sites excluding steroid dienone is 7. The third-order valence-corrected chi connectivity index (χ3v) is 13.5. The number of nitrogens with zero attached hydrogens (tertiary/aromatic N) is 1. The number of aliphatic hydroxyl groups excluding tert-OH is 1. The quantitative estimate of drug-likeness (QED) is 0.0272. The van der Waals surface area contributed by atoms with Crippen molar-refractivity contribution in [3.8, 4) is 0 Å². The fourth-order valence-electron chi connectivity index (χ4n) is 8.10. The molecule has 0 aliphatic heterocycles. The Bertz CT molecular complexity index is 1210. The lowest BCUT2D eigenvalue weighted by atomic mass is 10.0. The minimum Gasteiger partial charge on any atom is -0.756 e. The Morgan fingerprint density at radius 1 is 0.530 bits per heavy atom. The van der Waals surface area contributed by atoms with Gasteiger partial charge in [0, 0.05) is 6.42 Å². The largest absolute Gasteiger partial charge is 0.756 e. The molecule has 0 aromatic rings. The Morgan fingerprint density at radius 2 is 0.879 bits per heavy atom. The van der Waals surface area contributed by atoms with Gasteiger partial charge in [-0.25, -0.2) is 0 Å². The molecular formula is C57H109N2O6P. The summed E-state index contributed by atoms with van der Waals surface area (Å²) >= 11 is 0. The van der Waals surface area contributed by atoms with Crippen LogP contribution < -0.4 is 10.2 Å². The maximum Gasteiger partial charge on any atom is 0.268 e. The lowest BCUT2D eigenvalue weighted by molar-refractivity contribution is -0.870. The molecule has 8 nitrogen and oxygen atoms in total. The number of aliphatic hydroxyl groups is 1. The van der Waals surface area contributed by atoms with E-state index in [0.29, 0.717) is 17.4 Å². The summed E-state index contributed by atoms with van der Waals surface area (Å²) in [6.45, 7) is 4.63. The molecule has 0 aromatic carbocycles. The molecule has 0 aliphatic rings. The number of carbonyl (C=O) groups is 1. The summed E-state index contributed by atoms with van der Waals surface area (Å²) in [5.41, 5.74) is 0. The van der Waals surface area contributed by atoms with Gasteiger partial charge in [0.2, 0.25) is 5.91 Å². The zero-order valence-corrected chi connectivity index (χ0v) is 45.0. The Balaban J connectivity index is 4.25. The van der Waals surface area contributed by atoms with Gasteiger partial charge in [-0.1, -0.05) is 242 Å². The van der Waals surface area contributed by atoms with Crippen LogP contribution in [0.4, 0.5) is 0 Å². The second-order valence-corrected chi connectivity index (χ2v) is 21.7. The van der Waals surface area contributed by atoms with E-state index in [1.54, 1.807) is 6.08 Å². The van der Waals surface area contributed by atoms with E-state index in [9.17, 15) is 19.4 Å². The van der Waals surface area contributed by atoms with E-state index in [1.165, 1.54) is 173 Å². The number of rotatable bonds is 51. The van der Waals surface area contributed by atoms with Crippen molar-refractivity contribution in [2.45, 2.75) is 270 Å². The van der Waals surface area contributed by atoms with Crippen molar-refractivity contribution in [1.82, 2.24) is 5.32 Å². The summed E-state index contributed by atoms with van der Waals surface area (Å²) in [5.74, 6) is -0.209. The van der Waals surface area contributed by atoms with Gasteiger partial charge in [0.1, 0.15) is 13.2 Å².